The molecule has 0 aliphatic rings. The van der Waals surface area contributed by atoms with Crippen LogP contribution >= 0.6 is 0 Å². The summed E-state index contributed by atoms with van der Waals surface area (Å²) >= 11 is 0. The van der Waals surface area contributed by atoms with Crippen molar-refractivity contribution in [1.29, 1.82) is 0 Å². The van der Waals surface area contributed by atoms with Crippen LogP contribution in [0.25, 0.3) is 0 Å². The highest BCUT2D eigenvalue weighted by molar-refractivity contribution is 4.62. The summed E-state index contributed by atoms with van der Waals surface area (Å²) in [6.45, 7) is 5.37. The largest absolute Gasteiger partial charge is 0.389 e. The van der Waals surface area contributed by atoms with E-state index in [2.05, 4.69) is 20.4 Å². The molecule has 0 aliphatic carbocycles. The maximum atomic E-state index is 9.77. The molecule has 0 rings (SSSR count). The topological polar surface area (TPSA) is 80.2 Å². The summed E-state index contributed by atoms with van der Waals surface area (Å²) in [6, 6.07) is 0. The van der Waals surface area contributed by atoms with Gasteiger partial charge in [-0.1, -0.05) is 0 Å². The standard InChI is InChI=1S/C16H38N4O3/c1-19(2)9-5-7-17-11-15(21)13-23-14-16(22)12-18-8-6-10-20(3)4/h15-18,21-22H,5-14H2,1-4H3. The fourth-order valence-electron chi connectivity index (χ4n) is 2.04. The molecule has 0 aromatic heterocycles. The minimum Gasteiger partial charge on any atom is -0.389 e. The maximum Gasteiger partial charge on any atom is 0.0897 e. The second kappa shape index (κ2) is 15.3. The zero-order chi connectivity index (χ0) is 17.5. The summed E-state index contributed by atoms with van der Waals surface area (Å²) < 4.78 is 5.35. The fourth-order valence-corrected chi connectivity index (χ4v) is 2.04. The molecule has 0 spiro atoms. The first-order valence-corrected chi connectivity index (χ1v) is 8.56. The number of nitrogens with zero attached hydrogens (tertiary/aromatic N) is 2. The molecule has 0 amide bonds. The van der Waals surface area contributed by atoms with E-state index in [1.165, 1.54) is 0 Å². The van der Waals surface area contributed by atoms with Crippen LogP contribution in [-0.4, -0.2) is 113 Å². The molecule has 0 aliphatic heterocycles. The number of ether oxygens (including phenoxy) is 1. The summed E-state index contributed by atoms with van der Waals surface area (Å²) in [6.07, 6.45) is 1.04. The lowest BCUT2D eigenvalue weighted by atomic mass is 10.3. The van der Waals surface area contributed by atoms with Crippen molar-refractivity contribution in [3.8, 4) is 0 Å². The average Bonchev–Trinajstić information content (AvgIpc) is 2.45. The van der Waals surface area contributed by atoms with Gasteiger partial charge in [-0.15, -0.1) is 0 Å². The molecule has 23 heavy (non-hydrogen) atoms. The van der Waals surface area contributed by atoms with Gasteiger partial charge in [-0.05, 0) is 67.2 Å². The van der Waals surface area contributed by atoms with Crippen LogP contribution in [0.3, 0.4) is 0 Å². The molecule has 0 fully saturated rings. The molecule has 0 radical (unpaired) electrons. The molecular weight excluding hydrogens is 296 g/mol. The third-order valence-electron chi connectivity index (χ3n) is 3.30. The molecule has 0 aromatic carbocycles. The van der Waals surface area contributed by atoms with Crippen LogP contribution in [0.2, 0.25) is 0 Å². The van der Waals surface area contributed by atoms with Gasteiger partial charge in [-0.3, -0.25) is 0 Å². The molecule has 0 heterocycles. The zero-order valence-electron chi connectivity index (χ0n) is 15.4. The number of aliphatic hydroxyl groups is 2. The lowest BCUT2D eigenvalue weighted by Gasteiger charge is -2.16. The van der Waals surface area contributed by atoms with E-state index in [1.807, 2.05) is 28.2 Å². The lowest BCUT2D eigenvalue weighted by Crippen LogP contribution is -2.35. The van der Waals surface area contributed by atoms with Crippen LogP contribution < -0.4 is 10.6 Å². The Kier molecular flexibility index (Phi) is 15.1. The smallest absolute Gasteiger partial charge is 0.0897 e. The van der Waals surface area contributed by atoms with Crippen LogP contribution in [0, 0.1) is 0 Å². The average molecular weight is 335 g/mol. The lowest BCUT2D eigenvalue weighted by molar-refractivity contribution is -0.00626. The van der Waals surface area contributed by atoms with E-state index < -0.39 is 12.2 Å². The van der Waals surface area contributed by atoms with Gasteiger partial charge in [0.25, 0.3) is 0 Å². The summed E-state index contributed by atoms with van der Waals surface area (Å²) in [4.78, 5) is 4.27. The van der Waals surface area contributed by atoms with E-state index in [-0.39, 0.29) is 13.2 Å². The van der Waals surface area contributed by atoms with E-state index in [0.717, 1.165) is 39.0 Å². The number of aliphatic hydroxyl groups excluding tert-OH is 2. The highest BCUT2D eigenvalue weighted by atomic mass is 16.5. The van der Waals surface area contributed by atoms with Crippen LogP contribution in [-0.2, 0) is 4.74 Å². The highest BCUT2D eigenvalue weighted by Gasteiger charge is 2.07. The number of hydrogen-bond donors (Lipinski definition) is 4. The van der Waals surface area contributed by atoms with Gasteiger partial charge in [-0.2, -0.15) is 0 Å². The second-order valence-electron chi connectivity index (χ2n) is 6.57. The van der Waals surface area contributed by atoms with Crippen LogP contribution in [0.15, 0.2) is 0 Å². The SMILES string of the molecule is CN(C)CCCNCC(O)COCC(O)CNCCCN(C)C. The summed E-state index contributed by atoms with van der Waals surface area (Å²) in [7, 11) is 8.19. The molecule has 2 unspecified atom stereocenters. The normalized spacial score (nSPS) is 14.6. The minimum atomic E-state index is -0.533. The van der Waals surface area contributed by atoms with E-state index in [4.69, 9.17) is 4.74 Å². The van der Waals surface area contributed by atoms with Gasteiger partial charge >= 0.3 is 0 Å². The van der Waals surface area contributed by atoms with Crippen LogP contribution in [0.5, 0.6) is 0 Å². The zero-order valence-corrected chi connectivity index (χ0v) is 15.4. The third kappa shape index (κ3) is 17.9. The van der Waals surface area contributed by atoms with Gasteiger partial charge in [0.1, 0.15) is 0 Å². The molecule has 0 aromatic rings. The number of nitrogens with one attached hydrogen (secondary N) is 2. The molecule has 4 N–H and O–H groups in total. The van der Waals surface area contributed by atoms with E-state index >= 15 is 0 Å². The fraction of sp³-hybridized carbons (Fsp3) is 1.00. The van der Waals surface area contributed by atoms with Gasteiger partial charge in [-0.25, -0.2) is 0 Å². The highest BCUT2D eigenvalue weighted by Crippen LogP contribution is 1.90. The van der Waals surface area contributed by atoms with Crippen molar-refractivity contribution >= 4 is 0 Å². The van der Waals surface area contributed by atoms with Crippen molar-refractivity contribution in [2.24, 2.45) is 0 Å². The first-order valence-electron chi connectivity index (χ1n) is 8.56. The van der Waals surface area contributed by atoms with Gasteiger partial charge in [0.2, 0.25) is 0 Å². The number of rotatable bonds is 16. The Morgan fingerprint density at radius 3 is 1.52 bits per heavy atom. The van der Waals surface area contributed by atoms with E-state index in [1.54, 1.807) is 0 Å². The van der Waals surface area contributed by atoms with Gasteiger partial charge in [0.05, 0.1) is 25.4 Å². The van der Waals surface area contributed by atoms with E-state index in [9.17, 15) is 10.2 Å². The van der Waals surface area contributed by atoms with Crippen molar-refractivity contribution < 1.29 is 14.9 Å². The van der Waals surface area contributed by atoms with Crippen molar-refractivity contribution in [2.45, 2.75) is 25.0 Å². The van der Waals surface area contributed by atoms with Crippen molar-refractivity contribution in [3.63, 3.8) is 0 Å². The Morgan fingerprint density at radius 1 is 0.783 bits per heavy atom. The summed E-state index contributed by atoms with van der Waals surface area (Å²) in [5, 5.41) is 25.9. The monoisotopic (exact) mass is 334 g/mol. The van der Waals surface area contributed by atoms with Gasteiger partial charge < -0.3 is 35.4 Å². The van der Waals surface area contributed by atoms with E-state index in [0.29, 0.717) is 13.1 Å². The molecule has 0 saturated carbocycles. The Labute approximate surface area is 142 Å². The van der Waals surface area contributed by atoms with Crippen molar-refractivity contribution in [2.75, 3.05) is 80.7 Å². The van der Waals surface area contributed by atoms with Crippen molar-refractivity contribution in [1.82, 2.24) is 20.4 Å². The maximum absolute atomic E-state index is 9.77. The van der Waals surface area contributed by atoms with Gasteiger partial charge in [0, 0.05) is 13.1 Å². The first kappa shape index (κ1) is 22.7. The Balaban J connectivity index is 3.36. The molecule has 0 bridgehead atoms. The Morgan fingerprint density at radius 2 is 1.17 bits per heavy atom. The third-order valence-corrected chi connectivity index (χ3v) is 3.30. The molecule has 7 heteroatoms. The minimum absolute atomic E-state index is 0.248. The van der Waals surface area contributed by atoms with Crippen LogP contribution in [0.4, 0.5) is 0 Å². The van der Waals surface area contributed by atoms with Crippen LogP contribution in [0.1, 0.15) is 12.8 Å². The second-order valence-corrected chi connectivity index (χ2v) is 6.57. The molecular formula is C16H38N4O3. The molecule has 2 atom stereocenters. The van der Waals surface area contributed by atoms with Gasteiger partial charge in [0.15, 0.2) is 0 Å². The first-order chi connectivity index (χ1) is 10.9. The number of hydrogen-bond acceptors (Lipinski definition) is 7. The Bertz CT molecular complexity index is 231. The molecule has 7 nitrogen and oxygen atoms in total. The van der Waals surface area contributed by atoms with Crippen molar-refractivity contribution in [3.05, 3.63) is 0 Å². The predicted octanol–water partition coefficient (Wildman–Crippen LogP) is -1.19. The molecule has 140 valence electrons. The predicted molar refractivity (Wildman–Crippen MR) is 94.9 cm³/mol. The summed E-state index contributed by atoms with van der Waals surface area (Å²) in [5.74, 6) is 0. The quantitative estimate of drug-likeness (QED) is 0.264. The summed E-state index contributed by atoms with van der Waals surface area (Å²) in [5.41, 5.74) is 0. The molecule has 0 saturated heterocycles. The Hall–Kier alpha value is -0.280.